The molecule has 2 amide bonds. The number of hydrogen-bond acceptors (Lipinski definition) is 6. The molecule has 1 aliphatic heterocycles. The molecule has 0 radical (unpaired) electrons. The minimum absolute atomic E-state index is 0.202. The number of anilines is 2. The first kappa shape index (κ1) is 27.6. The van der Waals surface area contributed by atoms with E-state index in [0.29, 0.717) is 27.7 Å². The zero-order chi connectivity index (χ0) is 28.4. The number of nitrogens with zero attached hydrogens (tertiary/aromatic N) is 3. The van der Waals surface area contributed by atoms with Crippen LogP contribution in [-0.4, -0.2) is 46.6 Å². The number of aromatic nitrogens is 2. The maximum Gasteiger partial charge on any atom is 0.257 e. The van der Waals surface area contributed by atoms with Crippen LogP contribution in [0.25, 0.3) is 22.3 Å². The highest BCUT2D eigenvalue weighted by molar-refractivity contribution is 6.34. The third-order valence-corrected chi connectivity index (χ3v) is 7.54. The molecule has 9 heteroatoms. The quantitative estimate of drug-likeness (QED) is 0.269. The van der Waals surface area contributed by atoms with Crippen molar-refractivity contribution in [1.29, 1.82) is 0 Å². The van der Waals surface area contributed by atoms with E-state index in [-0.39, 0.29) is 25.0 Å². The smallest absolute Gasteiger partial charge is 0.257 e. The van der Waals surface area contributed by atoms with Gasteiger partial charge < -0.3 is 20.6 Å². The summed E-state index contributed by atoms with van der Waals surface area (Å²) in [5, 5.41) is 16.4. The Kier molecular flexibility index (Phi) is 7.74. The number of halogens is 1. The first-order valence-corrected chi connectivity index (χ1v) is 13.7. The van der Waals surface area contributed by atoms with E-state index in [4.69, 9.17) is 21.6 Å². The van der Waals surface area contributed by atoms with Crippen molar-refractivity contribution in [3.05, 3.63) is 82.4 Å². The van der Waals surface area contributed by atoms with Crippen LogP contribution in [0.15, 0.2) is 60.7 Å². The van der Waals surface area contributed by atoms with E-state index in [0.717, 1.165) is 47.4 Å². The largest absolute Gasteiger partial charge is 0.395 e. The minimum atomic E-state index is -0.902. The second-order valence-electron chi connectivity index (χ2n) is 10.8. The van der Waals surface area contributed by atoms with Crippen LogP contribution in [0.5, 0.6) is 0 Å². The van der Waals surface area contributed by atoms with Gasteiger partial charge in [-0.1, -0.05) is 41.9 Å². The van der Waals surface area contributed by atoms with Gasteiger partial charge in [-0.25, -0.2) is 9.97 Å². The van der Waals surface area contributed by atoms with Crippen molar-refractivity contribution in [2.75, 3.05) is 29.9 Å². The molecule has 5 rings (SSSR count). The Balaban J connectivity index is 1.42. The highest BCUT2D eigenvalue weighted by Crippen LogP contribution is 2.32. The van der Waals surface area contributed by atoms with Crippen molar-refractivity contribution >= 4 is 45.8 Å². The van der Waals surface area contributed by atoms with E-state index in [2.05, 4.69) is 15.5 Å². The monoisotopic (exact) mass is 557 g/mol. The maximum atomic E-state index is 13.3. The number of benzene rings is 3. The minimum Gasteiger partial charge on any atom is -0.395 e. The van der Waals surface area contributed by atoms with Crippen LogP contribution in [0.4, 0.5) is 11.5 Å². The fraction of sp³-hybridized carbons (Fsp3) is 0.290. The van der Waals surface area contributed by atoms with Gasteiger partial charge in [-0.3, -0.25) is 9.59 Å². The molecule has 1 aliphatic rings. The molecule has 0 aliphatic carbocycles. The van der Waals surface area contributed by atoms with E-state index >= 15 is 0 Å². The van der Waals surface area contributed by atoms with Crippen LogP contribution >= 0.6 is 11.6 Å². The molecule has 40 heavy (non-hydrogen) atoms. The fourth-order valence-electron chi connectivity index (χ4n) is 4.45. The molecule has 3 N–H and O–H groups in total. The predicted molar refractivity (Wildman–Crippen MR) is 159 cm³/mol. The summed E-state index contributed by atoms with van der Waals surface area (Å²) in [5.41, 5.74) is 3.48. The van der Waals surface area contributed by atoms with Gasteiger partial charge in [0.15, 0.2) is 5.82 Å². The van der Waals surface area contributed by atoms with Gasteiger partial charge in [0.05, 0.1) is 28.1 Å². The van der Waals surface area contributed by atoms with Gasteiger partial charge in [-0.05, 0) is 68.7 Å². The summed E-state index contributed by atoms with van der Waals surface area (Å²) in [6.45, 7) is 7.19. The first-order valence-electron chi connectivity index (χ1n) is 13.3. The average molecular weight is 558 g/mol. The molecular formula is C31H32ClN5O3. The van der Waals surface area contributed by atoms with Crippen LogP contribution < -0.4 is 15.5 Å². The SMILES string of the molecule is Cc1ccccc1-c1nc(N2CCC2)c2ccc(NC(=O)c3cc(CNC(=O)C(C)(C)CO)ccc3Cl)cc2n1. The molecule has 0 atom stereocenters. The van der Waals surface area contributed by atoms with Crippen molar-refractivity contribution in [2.24, 2.45) is 5.41 Å². The summed E-state index contributed by atoms with van der Waals surface area (Å²) in [7, 11) is 0. The Bertz CT molecular complexity index is 1600. The lowest BCUT2D eigenvalue weighted by atomic mass is 9.93. The number of aliphatic hydroxyl groups is 1. The molecule has 3 aromatic carbocycles. The van der Waals surface area contributed by atoms with Crippen LogP contribution in [-0.2, 0) is 11.3 Å². The number of nitrogens with one attached hydrogen (secondary N) is 2. The average Bonchev–Trinajstić information content (AvgIpc) is 2.91. The van der Waals surface area contributed by atoms with Gasteiger partial charge in [0.25, 0.3) is 5.91 Å². The third kappa shape index (κ3) is 5.64. The number of hydrogen-bond donors (Lipinski definition) is 3. The molecule has 0 spiro atoms. The molecule has 0 bridgehead atoms. The lowest BCUT2D eigenvalue weighted by Crippen LogP contribution is -2.38. The molecule has 1 aromatic heterocycles. The summed E-state index contributed by atoms with van der Waals surface area (Å²) in [5.74, 6) is 0.897. The van der Waals surface area contributed by atoms with Crippen LogP contribution in [0.2, 0.25) is 5.02 Å². The molecule has 206 valence electrons. The summed E-state index contributed by atoms with van der Waals surface area (Å²) in [6.07, 6.45) is 1.13. The molecular weight excluding hydrogens is 526 g/mol. The number of rotatable bonds is 8. The van der Waals surface area contributed by atoms with E-state index in [1.165, 1.54) is 0 Å². The lowest BCUT2D eigenvalue weighted by molar-refractivity contribution is -0.131. The number of fused-ring (bicyclic) bond motifs is 1. The van der Waals surface area contributed by atoms with Gasteiger partial charge >= 0.3 is 0 Å². The number of carbonyl (C=O) groups is 2. The van der Waals surface area contributed by atoms with E-state index in [1.807, 2.05) is 49.4 Å². The number of aliphatic hydroxyl groups excluding tert-OH is 1. The third-order valence-electron chi connectivity index (χ3n) is 7.21. The van der Waals surface area contributed by atoms with Crippen molar-refractivity contribution in [1.82, 2.24) is 15.3 Å². The number of aryl methyl sites for hydroxylation is 1. The highest BCUT2D eigenvalue weighted by Gasteiger charge is 2.26. The van der Waals surface area contributed by atoms with Gasteiger partial charge in [0.1, 0.15) is 5.82 Å². The molecule has 1 saturated heterocycles. The zero-order valence-electron chi connectivity index (χ0n) is 22.8. The van der Waals surface area contributed by atoms with Gasteiger partial charge in [-0.2, -0.15) is 0 Å². The van der Waals surface area contributed by atoms with Gasteiger partial charge in [0.2, 0.25) is 5.91 Å². The van der Waals surface area contributed by atoms with Crippen molar-refractivity contribution in [3.63, 3.8) is 0 Å². The van der Waals surface area contributed by atoms with E-state index in [1.54, 1.807) is 32.0 Å². The lowest BCUT2D eigenvalue weighted by Gasteiger charge is -2.33. The Morgan fingerprint density at radius 2 is 1.82 bits per heavy atom. The van der Waals surface area contributed by atoms with Crippen LogP contribution in [0.1, 0.15) is 41.8 Å². The summed E-state index contributed by atoms with van der Waals surface area (Å²) >= 11 is 6.38. The Labute approximate surface area is 238 Å². The van der Waals surface area contributed by atoms with Crippen LogP contribution in [0.3, 0.4) is 0 Å². The second kappa shape index (κ2) is 11.2. The standard InChI is InChI=1S/C31H32ClN5O3/c1-19-7-4-5-8-22(19)27-35-26-16-21(10-11-23(26)28(36-27)37-13-6-14-37)34-29(39)24-15-20(9-12-25(24)32)17-33-30(40)31(2,3)18-38/h4-5,7-12,15-16,38H,6,13-14,17-18H2,1-3H3,(H,33,40)(H,34,39). The normalized spacial score (nSPS) is 13.2. The molecule has 4 aromatic rings. The first-order chi connectivity index (χ1) is 19.2. The summed E-state index contributed by atoms with van der Waals surface area (Å²) in [6, 6.07) is 18.7. The van der Waals surface area contributed by atoms with Gasteiger partial charge in [-0.15, -0.1) is 0 Å². The van der Waals surface area contributed by atoms with E-state index < -0.39 is 5.41 Å². The number of amides is 2. The molecule has 8 nitrogen and oxygen atoms in total. The summed E-state index contributed by atoms with van der Waals surface area (Å²) < 4.78 is 0. The molecule has 2 heterocycles. The van der Waals surface area contributed by atoms with Crippen molar-refractivity contribution < 1.29 is 14.7 Å². The molecule has 1 fully saturated rings. The molecule has 0 saturated carbocycles. The van der Waals surface area contributed by atoms with E-state index in [9.17, 15) is 14.7 Å². The Hall–Kier alpha value is -4.01. The van der Waals surface area contributed by atoms with Gasteiger partial charge in [0, 0.05) is 36.3 Å². The summed E-state index contributed by atoms with van der Waals surface area (Å²) in [4.78, 5) is 37.7. The highest BCUT2D eigenvalue weighted by atomic mass is 35.5. The fourth-order valence-corrected chi connectivity index (χ4v) is 4.66. The van der Waals surface area contributed by atoms with Crippen molar-refractivity contribution in [2.45, 2.75) is 33.7 Å². The maximum absolute atomic E-state index is 13.3. The molecule has 0 unspecified atom stereocenters. The Morgan fingerprint density at radius 1 is 1.05 bits per heavy atom. The van der Waals surface area contributed by atoms with Crippen LogP contribution in [0, 0.1) is 12.3 Å². The topological polar surface area (TPSA) is 107 Å². The zero-order valence-corrected chi connectivity index (χ0v) is 23.5. The van der Waals surface area contributed by atoms with Crippen molar-refractivity contribution in [3.8, 4) is 11.4 Å². The number of carbonyl (C=O) groups excluding carboxylic acids is 2. The second-order valence-corrected chi connectivity index (χ2v) is 11.2. The predicted octanol–water partition coefficient (Wildman–Crippen LogP) is 5.36. The Morgan fingerprint density at radius 3 is 2.52 bits per heavy atom.